The molecule has 0 radical (unpaired) electrons. The molecule has 3 aliphatic carbocycles. The summed E-state index contributed by atoms with van der Waals surface area (Å²) in [6, 6.07) is 6.05. The van der Waals surface area contributed by atoms with Crippen LogP contribution in [0.4, 0.5) is 0 Å². The van der Waals surface area contributed by atoms with E-state index in [-0.39, 0.29) is 29.0 Å². The molecule has 3 N–H and O–H groups in total. The molecule has 3 saturated carbocycles. The minimum absolute atomic E-state index is 0.0539. The maximum Gasteiger partial charge on any atom is 0.481 e. The average Bonchev–Trinajstić information content (AvgIpc) is 3.60. The van der Waals surface area contributed by atoms with Crippen molar-refractivity contribution in [2.45, 2.75) is 109 Å². The lowest BCUT2D eigenvalue weighted by atomic mass is 9.43. The molecule has 13 heteroatoms. The predicted molar refractivity (Wildman–Crippen MR) is 176 cm³/mol. The first-order valence-electron chi connectivity index (χ1n) is 16.6. The zero-order chi connectivity index (χ0) is 33.4. The van der Waals surface area contributed by atoms with Crippen molar-refractivity contribution in [3.8, 4) is 0 Å². The normalized spacial score (nSPS) is 26.3. The van der Waals surface area contributed by atoms with E-state index in [4.69, 9.17) is 9.31 Å². The molecule has 0 spiro atoms. The van der Waals surface area contributed by atoms with Gasteiger partial charge in [-0.3, -0.25) is 9.59 Å². The van der Waals surface area contributed by atoms with Crippen molar-refractivity contribution in [1.82, 2.24) is 24.9 Å². The molecule has 6 atom stereocenters. The number of amides is 2. The third-order valence-corrected chi connectivity index (χ3v) is 11.7. The summed E-state index contributed by atoms with van der Waals surface area (Å²) in [6.45, 7) is 12.6. The number of unbranched alkanes of at least 4 members (excludes halogenated alkanes) is 1. The lowest BCUT2D eigenvalue weighted by Gasteiger charge is -2.64. The molecule has 2 amide bonds. The molecule has 1 aromatic heterocycles. The van der Waals surface area contributed by atoms with Gasteiger partial charge < -0.3 is 24.5 Å². The van der Waals surface area contributed by atoms with Gasteiger partial charge in [0.2, 0.25) is 5.91 Å². The molecule has 1 aliphatic heterocycles. The Labute approximate surface area is 274 Å². The fourth-order valence-electron chi connectivity index (χ4n) is 7.55. The molecule has 4 aliphatic rings. The van der Waals surface area contributed by atoms with E-state index in [0.29, 0.717) is 23.8 Å². The van der Waals surface area contributed by atoms with Gasteiger partial charge in [-0.05, 0) is 79.9 Å². The molecule has 0 unspecified atom stereocenters. The molecule has 1 aromatic carbocycles. The summed E-state index contributed by atoms with van der Waals surface area (Å²) in [5, 5.41) is 5.67. The maximum atomic E-state index is 14.0. The second kappa shape index (κ2) is 13.4. The molecule has 1 saturated heterocycles. The first-order chi connectivity index (χ1) is 21.6. The number of hydrogen-bond acceptors (Lipinski definition) is 7. The minimum atomic E-state index is -4.04. The van der Waals surface area contributed by atoms with Crippen LogP contribution in [-0.4, -0.2) is 67.1 Å². The lowest BCUT2D eigenvalue weighted by Crippen LogP contribution is -2.65. The number of aromatic nitrogens is 2. The third kappa shape index (κ3) is 7.07. The van der Waals surface area contributed by atoms with Crippen molar-refractivity contribution in [1.29, 1.82) is 0 Å². The molecule has 2 heterocycles. The van der Waals surface area contributed by atoms with Gasteiger partial charge in [-0.2, -0.15) is 0 Å². The number of carbonyl (C=O) groups excluding carboxylic acids is 2. The van der Waals surface area contributed by atoms with Crippen LogP contribution in [0.25, 0.3) is 0 Å². The number of carbonyl (C=O) groups is 2. The highest BCUT2D eigenvalue weighted by molar-refractivity contribution is 7.89. The number of rotatable bonds is 14. The van der Waals surface area contributed by atoms with Crippen LogP contribution in [0.2, 0.25) is 0 Å². The molecular formula is C33H50BN5O6S. The summed E-state index contributed by atoms with van der Waals surface area (Å²) < 4.78 is 43.3. The quantitative estimate of drug-likeness (QED) is 0.264. The van der Waals surface area contributed by atoms with E-state index >= 15 is 0 Å². The maximum absolute atomic E-state index is 14.0. The topological polar surface area (TPSA) is 141 Å². The highest BCUT2D eigenvalue weighted by Gasteiger charge is 2.68. The number of sulfonamides is 1. The van der Waals surface area contributed by atoms with Crippen molar-refractivity contribution >= 4 is 29.0 Å². The van der Waals surface area contributed by atoms with Gasteiger partial charge in [0, 0.05) is 25.4 Å². The Hall–Kier alpha value is -2.74. The number of nitrogens with one attached hydrogen (secondary N) is 3. The number of aryl methyl sites for hydroxylation is 2. The van der Waals surface area contributed by atoms with Gasteiger partial charge in [0.1, 0.15) is 6.04 Å². The van der Waals surface area contributed by atoms with E-state index in [9.17, 15) is 18.0 Å². The molecule has 4 fully saturated rings. The van der Waals surface area contributed by atoms with Gasteiger partial charge in [0.15, 0.2) is 5.03 Å². The highest BCUT2D eigenvalue weighted by Crippen LogP contribution is 2.65. The molecule has 6 rings (SSSR count). The van der Waals surface area contributed by atoms with Crippen molar-refractivity contribution in [3.63, 3.8) is 0 Å². The Bertz CT molecular complexity index is 1510. The summed E-state index contributed by atoms with van der Waals surface area (Å²) in [5.41, 5.74) is 1.23. The fraction of sp³-hybridized carbons (Fsp3) is 0.667. The summed E-state index contributed by atoms with van der Waals surface area (Å²) in [6.07, 6.45) is 8.35. The molecule has 11 nitrogen and oxygen atoms in total. The largest absolute Gasteiger partial charge is 0.481 e. The van der Waals surface area contributed by atoms with Crippen molar-refractivity contribution in [2.75, 3.05) is 6.54 Å². The first kappa shape index (κ1) is 34.6. The number of nitrogens with zero attached hydrogens (tertiary/aromatic N) is 2. The van der Waals surface area contributed by atoms with Crippen molar-refractivity contribution < 1.29 is 27.3 Å². The number of benzene rings is 1. The van der Waals surface area contributed by atoms with Gasteiger partial charge in [0.25, 0.3) is 15.9 Å². The fourth-order valence-corrected chi connectivity index (χ4v) is 8.57. The van der Waals surface area contributed by atoms with E-state index in [1.54, 1.807) is 19.2 Å². The van der Waals surface area contributed by atoms with E-state index in [1.807, 2.05) is 12.1 Å². The van der Waals surface area contributed by atoms with Gasteiger partial charge in [0.05, 0.1) is 24.0 Å². The molecule has 2 bridgehead atoms. The van der Waals surface area contributed by atoms with Crippen LogP contribution in [0.3, 0.4) is 0 Å². The van der Waals surface area contributed by atoms with Crippen LogP contribution in [-0.2, 0) is 37.6 Å². The Morgan fingerprint density at radius 1 is 1.13 bits per heavy atom. The second-order valence-corrected chi connectivity index (χ2v) is 16.4. The van der Waals surface area contributed by atoms with E-state index in [2.05, 4.69) is 61.9 Å². The minimum Gasteiger partial charge on any atom is -0.404 e. The monoisotopic (exact) mass is 655 g/mol. The highest BCUT2D eigenvalue weighted by atomic mass is 32.2. The van der Waals surface area contributed by atoms with Gasteiger partial charge in [-0.15, -0.1) is 0 Å². The van der Waals surface area contributed by atoms with Gasteiger partial charge in [-0.1, -0.05) is 53.2 Å². The Morgan fingerprint density at radius 2 is 1.85 bits per heavy atom. The smallest absolute Gasteiger partial charge is 0.404 e. The Morgan fingerprint density at radius 3 is 2.46 bits per heavy atom. The number of imidazole rings is 1. The third-order valence-electron chi connectivity index (χ3n) is 10.4. The molecule has 252 valence electrons. The van der Waals surface area contributed by atoms with Crippen molar-refractivity contribution in [3.05, 3.63) is 47.9 Å². The zero-order valence-corrected chi connectivity index (χ0v) is 29.0. The molecule has 46 heavy (non-hydrogen) atoms. The summed E-state index contributed by atoms with van der Waals surface area (Å²) in [5.74, 6) is -0.346. The van der Waals surface area contributed by atoms with Crippen LogP contribution < -0.4 is 15.4 Å². The van der Waals surface area contributed by atoms with E-state index < -0.39 is 46.5 Å². The van der Waals surface area contributed by atoms with Crippen LogP contribution in [0, 0.1) is 23.2 Å². The summed E-state index contributed by atoms with van der Waals surface area (Å²) >= 11 is 0. The van der Waals surface area contributed by atoms with Crippen LogP contribution in [0.15, 0.2) is 41.8 Å². The second-order valence-electron chi connectivity index (χ2n) is 14.6. The zero-order valence-electron chi connectivity index (χ0n) is 28.2. The SMILES string of the molecule is CCCCc1ccc(C(=O)N[C@@H](CNS(=O)(=O)c2cn(C)cn2)C(=O)N[C@@H](CC(C)C)B2O[C@@H]3C[C@H]4C[C@H](C4(C)C)[C@]3(C)O2)cc1. The predicted octanol–water partition coefficient (Wildman–Crippen LogP) is 3.64. The lowest BCUT2D eigenvalue weighted by molar-refractivity contribution is -0.199. The first-order valence-corrected chi connectivity index (χ1v) is 18.1. The van der Waals surface area contributed by atoms with Gasteiger partial charge in [-0.25, -0.2) is 18.1 Å². The summed E-state index contributed by atoms with van der Waals surface area (Å²) in [7, 11) is -3.04. The van der Waals surface area contributed by atoms with Crippen LogP contribution >= 0.6 is 0 Å². The standard InChI is InChI=1S/C33H50BN5O6S/c1-8-9-10-22-11-13-23(14-12-22)30(40)37-25(18-36-46(42,43)29-19-39(7)20-35-29)31(41)38-28(15-21(2)3)34-44-27-17-24-16-26(32(24,4)5)33(27,6)45-34/h11-14,19-21,24-28,36H,8-10,15-18H2,1-7H3,(H,37,40)(H,38,41)/t24-,25+,26-,27-,28+,33+/m1/s1. The van der Waals surface area contributed by atoms with E-state index in [1.165, 1.54) is 17.1 Å². The van der Waals surface area contributed by atoms with Crippen LogP contribution in [0.1, 0.15) is 89.6 Å². The Kier molecular flexibility index (Phi) is 10.1. The van der Waals surface area contributed by atoms with Gasteiger partial charge >= 0.3 is 7.12 Å². The molecular weight excluding hydrogens is 605 g/mol. The Balaban J connectivity index is 1.33. The molecule has 2 aromatic rings. The van der Waals surface area contributed by atoms with Crippen molar-refractivity contribution in [2.24, 2.45) is 30.2 Å². The number of hydrogen-bond donors (Lipinski definition) is 3. The summed E-state index contributed by atoms with van der Waals surface area (Å²) in [4.78, 5) is 31.3. The average molecular weight is 656 g/mol. The van der Waals surface area contributed by atoms with Crippen LogP contribution in [0.5, 0.6) is 0 Å². The van der Waals surface area contributed by atoms with E-state index in [0.717, 1.165) is 37.7 Å².